The predicted molar refractivity (Wildman–Crippen MR) is 81.7 cm³/mol. The van der Waals surface area contributed by atoms with E-state index < -0.39 is 0 Å². The van der Waals surface area contributed by atoms with Crippen molar-refractivity contribution in [2.75, 3.05) is 7.11 Å². The maximum atomic E-state index is 6.11. The predicted octanol–water partition coefficient (Wildman–Crippen LogP) is 4.14. The smallest absolute Gasteiger partial charge is 0.161 e. The van der Waals surface area contributed by atoms with Gasteiger partial charge in [0.05, 0.1) is 6.61 Å². The number of ether oxygens (including phenoxy) is 1. The van der Waals surface area contributed by atoms with E-state index in [-0.39, 0.29) is 0 Å². The second-order valence-corrected chi connectivity index (χ2v) is 5.62. The Kier molecular flexibility index (Phi) is 5.10. The van der Waals surface area contributed by atoms with Crippen molar-refractivity contribution in [2.45, 2.75) is 26.9 Å². The van der Waals surface area contributed by atoms with Gasteiger partial charge in [-0.25, -0.2) is 9.97 Å². The van der Waals surface area contributed by atoms with E-state index in [0.717, 1.165) is 23.2 Å². The van der Waals surface area contributed by atoms with Crippen LogP contribution >= 0.6 is 11.6 Å². The van der Waals surface area contributed by atoms with E-state index in [9.17, 15) is 0 Å². The Morgan fingerprint density at radius 1 is 1.20 bits per heavy atom. The fourth-order valence-corrected chi connectivity index (χ4v) is 2.29. The van der Waals surface area contributed by atoms with Crippen LogP contribution in [-0.2, 0) is 17.8 Å². The molecule has 0 aliphatic rings. The second-order valence-electron chi connectivity index (χ2n) is 5.24. The lowest BCUT2D eigenvalue weighted by Gasteiger charge is -2.08. The molecule has 0 unspecified atom stereocenters. The molecular formula is C16H19ClN2O. The summed E-state index contributed by atoms with van der Waals surface area (Å²) in [6, 6.07) is 9.87. The number of halogens is 1. The van der Waals surface area contributed by atoms with Gasteiger partial charge in [0.25, 0.3) is 0 Å². The van der Waals surface area contributed by atoms with Crippen LogP contribution in [0.3, 0.4) is 0 Å². The highest BCUT2D eigenvalue weighted by atomic mass is 35.5. The molecule has 0 saturated heterocycles. The van der Waals surface area contributed by atoms with Gasteiger partial charge < -0.3 is 4.74 Å². The highest BCUT2D eigenvalue weighted by Gasteiger charge is 2.08. The lowest BCUT2D eigenvalue weighted by Crippen LogP contribution is -2.01. The van der Waals surface area contributed by atoms with Gasteiger partial charge in [0.1, 0.15) is 5.15 Å². The Hall–Kier alpha value is -1.45. The zero-order valence-corrected chi connectivity index (χ0v) is 12.8. The van der Waals surface area contributed by atoms with Gasteiger partial charge in [0.15, 0.2) is 5.82 Å². The van der Waals surface area contributed by atoms with E-state index in [2.05, 4.69) is 23.8 Å². The lowest BCUT2D eigenvalue weighted by atomic mass is 10.1. The highest BCUT2D eigenvalue weighted by Crippen LogP contribution is 2.21. The summed E-state index contributed by atoms with van der Waals surface area (Å²) < 4.78 is 5.15. The van der Waals surface area contributed by atoms with Crippen molar-refractivity contribution in [1.82, 2.24) is 9.97 Å². The Morgan fingerprint density at radius 2 is 2.00 bits per heavy atom. The van der Waals surface area contributed by atoms with Crippen LogP contribution in [0.1, 0.15) is 25.1 Å². The van der Waals surface area contributed by atoms with Crippen molar-refractivity contribution in [2.24, 2.45) is 5.92 Å². The minimum atomic E-state index is 0.489. The molecule has 20 heavy (non-hydrogen) atoms. The number of methoxy groups -OCH3 is 1. The minimum Gasteiger partial charge on any atom is -0.380 e. The van der Waals surface area contributed by atoms with E-state index >= 15 is 0 Å². The molecule has 0 aliphatic heterocycles. The molecule has 1 heterocycles. The largest absolute Gasteiger partial charge is 0.380 e. The summed E-state index contributed by atoms with van der Waals surface area (Å²) in [5.41, 5.74) is 3.04. The Bertz CT molecular complexity index is 584. The summed E-state index contributed by atoms with van der Waals surface area (Å²) in [5, 5.41) is 0.489. The summed E-state index contributed by atoms with van der Waals surface area (Å²) in [5.74, 6) is 1.21. The average molecular weight is 291 g/mol. The summed E-state index contributed by atoms with van der Waals surface area (Å²) in [6.07, 6.45) is 0.896. The van der Waals surface area contributed by atoms with Gasteiger partial charge in [-0.3, -0.25) is 0 Å². The molecule has 4 heteroatoms. The number of benzene rings is 1. The van der Waals surface area contributed by atoms with E-state index in [1.165, 1.54) is 0 Å². The van der Waals surface area contributed by atoms with Crippen LogP contribution in [0.4, 0.5) is 0 Å². The Morgan fingerprint density at radius 3 is 2.70 bits per heavy atom. The van der Waals surface area contributed by atoms with E-state index in [0.29, 0.717) is 23.5 Å². The molecule has 0 radical (unpaired) electrons. The molecule has 1 aromatic carbocycles. The Labute approximate surface area is 125 Å². The molecule has 2 rings (SSSR count). The average Bonchev–Trinajstić information content (AvgIpc) is 2.38. The maximum Gasteiger partial charge on any atom is 0.161 e. The topological polar surface area (TPSA) is 35.0 Å². The van der Waals surface area contributed by atoms with Gasteiger partial charge in [-0.2, -0.15) is 0 Å². The molecule has 1 aromatic heterocycles. The normalized spacial score (nSPS) is 11.1. The second kappa shape index (κ2) is 6.82. The van der Waals surface area contributed by atoms with E-state index in [1.54, 1.807) is 7.11 Å². The highest BCUT2D eigenvalue weighted by molar-refractivity contribution is 6.29. The molecule has 106 valence electrons. The number of hydrogen-bond donors (Lipinski definition) is 0. The van der Waals surface area contributed by atoms with Crippen LogP contribution < -0.4 is 0 Å². The molecule has 0 N–H and O–H groups in total. The van der Waals surface area contributed by atoms with Gasteiger partial charge in [-0.15, -0.1) is 0 Å². The third-order valence-electron chi connectivity index (χ3n) is 2.86. The van der Waals surface area contributed by atoms with Crippen molar-refractivity contribution >= 4 is 11.6 Å². The minimum absolute atomic E-state index is 0.489. The van der Waals surface area contributed by atoms with Gasteiger partial charge in [0.2, 0.25) is 0 Å². The zero-order chi connectivity index (χ0) is 14.5. The fourth-order valence-electron chi connectivity index (χ4n) is 2.08. The maximum absolute atomic E-state index is 6.11. The quantitative estimate of drug-likeness (QED) is 0.776. The lowest BCUT2D eigenvalue weighted by molar-refractivity contribution is 0.185. The molecule has 2 aromatic rings. The summed E-state index contributed by atoms with van der Waals surface area (Å²) >= 11 is 6.11. The Balaban J connectivity index is 2.36. The standard InChI is InChI=1S/C16H19ClN2O/c1-11(2)7-14-9-15(17)19-16(18-14)13-6-4-5-12(8-13)10-20-3/h4-6,8-9,11H,7,10H2,1-3H3. The monoisotopic (exact) mass is 290 g/mol. The van der Waals surface area contributed by atoms with Gasteiger partial charge >= 0.3 is 0 Å². The first-order valence-electron chi connectivity index (χ1n) is 6.70. The molecule has 0 aliphatic carbocycles. The molecule has 0 atom stereocenters. The number of nitrogens with zero attached hydrogens (tertiary/aromatic N) is 2. The summed E-state index contributed by atoms with van der Waals surface area (Å²) in [7, 11) is 1.68. The van der Waals surface area contributed by atoms with Crippen molar-refractivity contribution in [3.8, 4) is 11.4 Å². The number of aromatic nitrogens is 2. The molecule has 0 amide bonds. The van der Waals surface area contributed by atoms with Crippen LogP contribution in [0.5, 0.6) is 0 Å². The summed E-state index contributed by atoms with van der Waals surface area (Å²) in [6.45, 7) is 4.90. The van der Waals surface area contributed by atoms with Crippen molar-refractivity contribution in [1.29, 1.82) is 0 Å². The molecule has 0 fully saturated rings. The first-order valence-corrected chi connectivity index (χ1v) is 7.08. The van der Waals surface area contributed by atoms with E-state index in [1.807, 2.05) is 30.3 Å². The molecule has 3 nitrogen and oxygen atoms in total. The van der Waals surface area contributed by atoms with Crippen LogP contribution in [0.15, 0.2) is 30.3 Å². The van der Waals surface area contributed by atoms with Crippen LogP contribution in [0.2, 0.25) is 5.15 Å². The van der Waals surface area contributed by atoms with Crippen LogP contribution in [-0.4, -0.2) is 17.1 Å². The van der Waals surface area contributed by atoms with Gasteiger partial charge in [0, 0.05) is 18.4 Å². The fraction of sp³-hybridized carbons (Fsp3) is 0.375. The summed E-state index contributed by atoms with van der Waals surface area (Å²) in [4.78, 5) is 8.93. The number of hydrogen-bond acceptors (Lipinski definition) is 3. The molecule has 0 saturated carbocycles. The van der Waals surface area contributed by atoms with Crippen molar-refractivity contribution in [3.63, 3.8) is 0 Å². The molecule has 0 spiro atoms. The van der Waals surface area contributed by atoms with Crippen LogP contribution in [0.25, 0.3) is 11.4 Å². The van der Waals surface area contributed by atoms with Gasteiger partial charge in [-0.05, 0) is 30.0 Å². The third kappa shape index (κ3) is 4.02. The third-order valence-corrected chi connectivity index (χ3v) is 3.06. The van der Waals surface area contributed by atoms with Crippen molar-refractivity contribution < 1.29 is 4.74 Å². The molecular weight excluding hydrogens is 272 g/mol. The molecule has 0 bridgehead atoms. The first-order chi connectivity index (χ1) is 9.58. The zero-order valence-electron chi connectivity index (χ0n) is 12.1. The SMILES string of the molecule is COCc1cccc(-c2nc(Cl)cc(CC(C)C)n2)c1. The number of rotatable bonds is 5. The van der Waals surface area contributed by atoms with Crippen LogP contribution in [0, 0.1) is 5.92 Å². The first kappa shape index (κ1) is 14.9. The van der Waals surface area contributed by atoms with E-state index in [4.69, 9.17) is 16.3 Å². The van der Waals surface area contributed by atoms with Gasteiger partial charge in [-0.1, -0.05) is 43.6 Å². The van der Waals surface area contributed by atoms with Crippen molar-refractivity contribution in [3.05, 3.63) is 46.7 Å².